The Morgan fingerprint density at radius 1 is 1.00 bits per heavy atom. The molecule has 0 fully saturated rings. The third-order valence-electron chi connectivity index (χ3n) is 1.25. The molecule has 0 bridgehead atoms. The van der Waals surface area contributed by atoms with Crippen molar-refractivity contribution in [1.29, 1.82) is 0 Å². The SMILES string of the molecule is O=C([O-])CC(O)(CC(=O)[O-])C(=O)[O-].[Hf+4].[Na+]. The largest absolute Gasteiger partial charge is 4.00 e. The molecule has 0 atom stereocenters. The topological polar surface area (TPSA) is 141 Å². The van der Waals surface area contributed by atoms with Gasteiger partial charge in [-0.1, -0.05) is 0 Å². The van der Waals surface area contributed by atoms with Crippen molar-refractivity contribution in [3.8, 4) is 0 Å². The monoisotopic (exact) mass is 392 g/mol. The van der Waals surface area contributed by atoms with Crippen LogP contribution in [0, 0.1) is 0 Å². The van der Waals surface area contributed by atoms with Gasteiger partial charge in [0.15, 0.2) is 0 Å². The minimum Gasteiger partial charge on any atom is -0.550 e. The van der Waals surface area contributed by atoms with Crippen LogP contribution in [-0.2, 0) is 40.2 Å². The quantitative estimate of drug-likeness (QED) is 0.460. The van der Waals surface area contributed by atoms with Crippen molar-refractivity contribution >= 4 is 17.9 Å². The molecule has 1 N–H and O–H groups in total. The van der Waals surface area contributed by atoms with Gasteiger partial charge in [0.2, 0.25) is 0 Å². The molecule has 0 aliphatic heterocycles. The Labute approximate surface area is 126 Å². The van der Waals surface area contributed by atoms with E-state index in [1.54, 1.807) is 0 Å². The number of aliphatic hydroxyl groups is 1. The summed E-state index contributed by atoms with van der Waals surface area (Å²) in [6.07, 6.45) is -2.72. The minimum absolute atomic E-state index is 0. The van der Waals surface area contributed by atoms with E-state index in [1.807, 2.05) is 0 Å². The van der Waals surface area contributed by atoms with Crippen LogP contribution in [-0.4, -0.2) is 28.6 Å². The first kappa shape index (κ1) is 20.6. The number of carboxylic acids is 3. The molecule has 0 saturated heterocycles. The second kappa shape index (κ2) is 8.40. The Morgan fingerprint density at radius 3 is 1.40 bits per heavy atom. The Kier molecular flexibility index (Phi) is 11.5. The van der Waals surface area contributed by atoms with Gasteiger partial charge in [-0.2, -0.15) is 0 Å². The van der Waals surface area contributed by atoms with Crippen molar-refractivity contribution < 1.29 is 90.2 Å². The van der Waals surface area contributed by atoms with Gasteiger partial charge in [0.25, 0.3) is 0 Å². The van der Waals surface area contributed by atoms with Crippen LogP contribution in [0.25, 0.3) is 0 Å². The molecule has 7 nitrogen and oxygen atoms in total. The molecule has 0 spiro atoms. The molecular formula is C6H5HfNaO7+2. The summed E-state index contributed by atoms with van der Waals surface area (Å²) in [5, 5.41) is 38.9. The Balaban J connectivity index is -0.000000720. The Bertz CT molecular complexity index is 238. The summed E-state index contributed by atoms with van der Waals surface area (Å²) >= 11 is 0. The molecule has 0 saturated carbocycles. The molecule has 0 aromatic rings. The zero-order valence-electron chi connectivity index (χ0n) is 7.81. The van der Waals surface area contributed by atoms with Crippen molar-refractivity contribution in [1.82, 2.24) is 0 Å². The molecule has 0 rings (SSSR count). The molecule has 0 aromatic carbocycles. The fraction of sp³-hybridized carbons (Fsp3) is 0.500. The van der Waals surface area contributed by atoms with Gasteiger partial charge in [-0.25, -0.2) is 0 Å². The summed E-state index contributed by atoms with van der Waals surface area (Å²) in [5.74, 6) is -5.98. The maximum absolute atomic E-state index is 10.1. The van der Waals surface area contributed by atoms with E-state index >= 15 is 0 Å². The predicted octanol–water partition coefficient (Wildman–Crippen LogP) is -8.25. The molecule has 0 amide bonds. The smallest absolute Gasteiger partial charge is 0.550 e. The maximum atomic E-state index is 10.1. The Morgan fingerprint density at radius 2 is 1.27 bits per heavy atom. The molecule has 15 heavy (non-hydrogen) atoms. The first-order chi connectivity index (χ1) is 5.78. The van der Waals surface area contributed by atoms with E-state index in [0.717, 1.165) is 0 Å². The van der Waals surface area contributed by atoms with E-state index in [2.05, 4.69) is 0 Å². The van der Waals surface area contributed by atoms with E-state index in [4.69, 9.17) is 5.11 Å². The number of aliphatic carboxylic acids is 3. The summed E-state index contributed by atoms with van der Waals surface area (Å²) < 4.78 is 0. The van der Waals surface area contributed by atoms with Crippen molar-refractivity contribution in [3.05, 3.63) is 0 Å². The van der Waals surface area contributed by atoms with Crippen LogP contribution in [0.4, 0.5) is 0 Å². The molecule has 0 unspecified atom stereocenters. The summed E-state index contributed by atoms with van der Waals surface area (Å²) in [6.45, 7) is 0. The van der Waals surface area contributed by atoms with Crippen molar-refractivity contribution in [3.63, 3.8) is 0 Å². The second-order valence-electron chi connectivity index (χ2n) is 2.42. The van der Waals surface area contributed by atoms with Crippen LogP contribution in [0.2, 0.25) is 0 Å². The summed E-state index contributed by atoms with van der Waals surface area (Å²) in [6, 6.07) is 0. The third kappa shape index (κ3) is 8.09. The first-order valence-corrected chi connectivity index (χ1v) is 3.11. The summed E-state index contributed by atoms with van der Waals surface area (Å²) in [7, 11) is 0. The minimum atomic E-state index is -2.97. The molecule has 0 heterocycles. The van der Waals surface area contributed by atoms with Crippen LogP contribution in [0.15, 0.2) is 0 Å². The number of carbonyl (C=O) groups is 3. The normalized spacial score (nSPS) is 9.40. The first-order valence-electron chi connectivity index (χ1n) is 3.11. The van der Waals surface area contributed by atoms with Gasteiger partial charge in [0.05, 0.1) is 5.97 Å². The van der Waals surface area contributed by atoms with Gasteiger partial charge in [0, 0.05) is 24.8 Å². The van der Waals surface area contributed by atoms with Gasteiger partial charge in [-0.15, -0.1) is 0 Å². The van der Waals surface area contributed by atoms with E-state index in [-0.39, 0.29) is 55.4 Å². The van der Waals surface area contributed by atoms with E-state index in [9.17, 15) is 29.7 Å². The Hall–Kier alpha value is 0.240. The fourth-order valence-corrected chi connectivity index (χ4v) is 0.684. The molecule has 9 heteroatoms. The molecule has 0 aliphatic carbocycles. The molecule has 74 valence electrons. The molecule has 0 aromatic heterocycles. The average molecular weight is 391 g/mol. The third-order valence-corrected chi connectivity index (χ3v) is 1.25. The number of carboxylic acid groups (broad SMARTS) is 3. The number of hydrogen-bond donors (Lipinski definition) is 1. The van der Waals surface area contributed by atoms with Gasteiger partial charge in [-0.05, 0) is 0 Å². The zero-order valence-corrected chi connectivity index (χ0v) is 13.4. The van der Waals surface area contributed by atoms with Gasteiger partial charge >= 0.3 is 55.4 Å². The van der Waals surface area contributed by atoms with Crippen molar-refractivity contribution in [2.75, 3.05) is 0 Å². The zero-order chi connectivity index (χ0) is 10.6. The standard InChI is InChI=1S/C6H8O7.Hf.Na/c7-3(8)1-6(13,5(11)12)2-4(9)10;;/h13H,1-2H2,(H,7,8)(H,9,10)(H,11,12);;/q;+4;+1/p-3. The molecule has 0 radical (unpaired) electrons. The number of hydrogen-bond acceptors (Lipinski definition) is 7. The number of carbonyl (C=O) groups excluding carboxylic acids is 3. The van der Waals surface area contributed by atoms with Crippen LogP contribution >= 0.6 is 0 Å². The fourth-order valence-electron chi connectivity index (χ4n) is 0.684. The van der Waals surface area contributed by atoms with E-state index in [0.29, 0.717) is 0 Å². The molecular weight excluding hydrogens is 386 g/mol. The predicted molar refractivity (Wildman–Crippen MR) is 29.2 cm³/mol. The average Bonchev–Trinajstić information content (AvgIpc) is 1.82. The van der Waals surface area contributed by atoms with Crippen molar-refractivity contribution in [2.24, 2.45) is 0 Å². The van der Waals surface area contributed by atoms with Gasteiger partial charge in [-0.3, -0.25) is 0 Å². The van der Waals surface area contributed by atoms with Crippen LogP contribution in [0.5, 0.6) is 0 Å². The molecule has 0 aliphatic rings. The van der Waals surface area contributed by atoms with Crippen LogP contribution in [0.1, 0.15) is 12.8 Å². The van der Waals surface area contributed by atoms with E-state index < -0.39 is 36.4 Å². The van der Waals surface area contributed by atoms with Gasteiger partial charge < -0.3 is 34.8 Å². The summed E-state index contributed by atoms with van der Waals surface area (Å²) in [4.78, 5) is 30.0. The van der Waals surface area contributed by atoms with Crippen LogP contribution in [0.3, 0.4) is 0 Å². The van der Waals surface area contributed by atoms with E-state index in [1.165, 1.54) is 0 Å². The van der Waals surface area contributed by atoms with Crippen LogP contribution < -0.4 is 44.9 Å². The second-order valence-corrected chi connectivity index (χ2v) is 2.42. The maximum Gasteiger partial charge on any atom is 4.00 e. The summed E-state index contributed by atoms with van der Waals surface area (Å²) in [5.41, 5.74) is -2.97. The number of rotatable bonds is 5. The van der Waals surface area contributed by atoms with Crippen molar-refractivity contribution in [2.45, 2.75) is 18.4 Å². The van der Waals surface area contributed by atoms with Gasteiger partial charge in [0.1, 0.15) is 5.60 Å².